The van der Waals surface area contributed by atoms with Crippen molar-refractivity contribution in [2.24, 2.45) is 5.92 Å². The van der Waals surface area contributed by atoms with Crippen LogP contribution in [-0.4, -0.2) is 16.5 Å². The van der Waals surface area contributed by atoms with Gasteiger partial charge in [-0.3, -0.25) is 0 Å². The predicted molar refractivity (Wildman–Crippen MR) is 81.6 cm³/mol. The Morgan fingerprint density at radius 1 is 1.17 bits per heavy atom. The van der Waals surface area contributed by atoms with Crippen molar-refractivity contribution in [2.75, 3.05) is 6.23 Å². The predicted octanol–water partition coefficient (Wildman–Crippen LogP) is 3.12. The highest BCUT2D eigenvalue weighted by atomic mass is 28.1. The molecule has 1 aliphatic rings. The highest BCUT2D eigenvalue weighted by Crippen LogP contribution is 2.34. The number of benzene rings is 1. The molecule has 18 heavy (non-hydrogen) atoms. The van der Waals surface area contributed by atoms with E-state index in [1.807, 2.05) is 0 Å². The zero-order valence-electron chi connectivity index (χ0n) is 11.5. The molecule has 0 amide bonds. The van der Waals surface area contributed by atoms with Crippen molar-refractivity contribution in [1.82, 2.24) is 0 Å². The standard InChI is InChI=1S/C16H24OSi/c1-13(15-5-3-2-4-6-15)16-9-7-14(8-10-16)11-17-12-18/h7-10,15H,1-6,11-12H2,18H3. The second-order valence-corrected chi connectivity index (χ2v) is 5.77. The van der Waals surface area contributed by atoms with Crippen LogP contribution in [0.3, 0.4) is 0 Å². The van der Waals surface area contributed by atoms with Crippen LogP contribution in [0.15, 0.2) is 30.8 Å². The van der Waals surface area contributed by atoms with Crippen molar-refractivity contribution >= 4 is 15.8 Å². The van der Waals surface area contributed by atoms with Crippen LogP contribution in [0.1, 0.15) is 43.2 Å². The van der Waals surface area contributed by atoms with Crippen LogP contribution < -0.4 is 0 Å². The van der Waals surface area contributed by atoms with Gasteiger partial charge in [0.05, 0.1) is 6.61 Å². The lowest BCUT2D eigenvalue weighted by Crippen LogP contribution is -2.07. The maximum absolute atomic E-state index is 5.48. The average molecular weight is 260 g/mol. The summed E-state index contributed by atoms with van der Waals surface area (Å²) in [5, 5.41) is 0. The number of ether oxygens (including phenoxy) is 1. The molecule has 0 unspecified atom stereocenters. The molecule has 1 aromatic rings. The highest BCUT2D eigenvalue weighted by molar-refractivity contribution is 6.08. The van der Waals surface area contributed by atoms with E-state index in [1.54, 1.807) is 0 Å². The highest BCUT2D eigenvalue weighted by Gasteiger charge is 2.17. The molecule has 0 aromatic heterocycles. The SMILES string of the molecule is C=C(c1ccc(COC[SiH3])cc1)C1CCCCC1. The van der Waals surface area contributed by atoms with E-state index in [4.69, 9.17) is 4.74 Å². The maximum Gasteiger partial charge on any atom is 0.0712 e. The molecule has 1 saturated carbocycles. The summed E-state index contributed by atoms with van der Waals surface area (Å²) in [7, 11) is 1.11. The van der Waals surface area contributed by atoms with Gasteiger partial charge in [0.15, 0.2) is 0 Å². The summed E-state index contributed by atoms with van der Waals surface area (Å²) in [6, 6.07) is 8.78. The summed E-state index contributed by atoms with van der Waals surface area (Å²) in [6.07, 6.45) is 7.71. The summed E-state index contributed by atoms with van der Waals surface area (Å²) in [5.41, 5.74) is 3.92. The smallest absolute Gasteiger partial charge is 0.0712 e. The molecule has 0 radical (unpaired) electrons. The van der Waals surface area contributed by atoms with Crippen LogP contribution in [0, 0.1) is 5.92 Å². The van der Waals surface area contributed by atoms with Crippen molar-refractivity contribution in [3.05, 3.63) is 42.0 Å². The Kier molecular flexibility index (Phi) is 5.21. The van der Waals surface area contributed by atoms with Gasteiger partial charge in [-0.25, -0.2) is 0 Å². The third-order valence-corrected chi connectivity index (χ3v) is 4.30. The lowest BCUT2D eigenvalue weighted by atomic mass is 9.82. The third kappa shape index (κ3) is 3.56. The van der Waals surface area contributed by atoms with Gasteiger partial charge in [0.1, 0.15) is 0 Å². The molecule has 1 nitrogen and oxygen atoms in total. The van der Waals surface area contributed by atoms with Crippen molar-refractivity contribution in [3.63, 3.8) is 0 Å². The number of hydrogen-bond donors (Lipinski definition) is 0. The van der Waals surface area contributed by atoms with Gasteiger partial charge in [-0.05, 0) is 35.5 Å². The van der Waals surface area contributed by atoms with E-state index in [0.717, 1.165) is 23.1 Å². The van der Waals surface area contributed by atoms with E-state index >= 15 is 0 Å². The van der Waals surface area contributed by atoms with Gasteiger partial charge >= 0.3 is 0 Å². The summed E-state index contributed by atoms with van der Waals surface area (Å²) in [4.78, 5) is 0. The first-order valence-corrected chi connectivity index (χ1v) is 8.58. The Balaban J connectivity index is 1.97. The van der Waals surface area contributed by atoms with Crippen LogP contribution in [0.2, 0.25) is 0 Å². The molecule has 0 bridgehead atoms. The maximum atomic E-state index is 5.48. The van der Waals surface area contributed by atoms with Crippen molar-refractivity contribution in [1.29, 1.82) is 0 Å². The number of hydrogen-bond acceptors (Lipinski definition) is 1. The van der Waals surface area contributed by atoms with Gasteiger partial charge in [-0.15, -0.1) is 0 Å². The van der Waals surface area contributed by atoms with Crippen LogP contribution in [0.4, 0.5) is 0 Å². The minimum absolute atomic E-state index is 0.711. The topological polar surface area (TPSA) is 9.23 Å². The fourth-order valence-corrected chi connectivity index (χ4v) is 2.93. The molecule has 1 fully saturated rings. The van der Waals surface area contributed by atoms with E-state index in [9.17, 15) is 0 Å². The van der Waals surface area contributed by atoms with Crippen molar-refractivity contribution in [2.45, 2.75) is 38.7 Å². The Hall–Kier alpha value is -0.863. The molecule has 2 heteroatoms. The zero-order valence-corrected chi connectivity index (χ0v) is 13.5. The Morgan fingerprint density at radius 2 is 1.83 bits per heavy atom. The van der Waals surface area contributed by atoms with Gasteiger partial charge in [0.25, 0.3) is 0 Å². The molecule has 0 spiro atoms. The molecule has 1 aromatic carbocycles. The molecule has 98 valence electrons. The van der Waals surface area contributed by atoms with Gasteiger partial charge in [0, 0.05) is 16.5 Å². The van der Waals surface area contributed by atoms with E-state index in [0.29, 0.717) is 5.92 Å². The largest absolute Gasteiger partial charge is 0.381 e. The fourth-order valence-electron chi connectivity index (χ4n) is 2.72. The van der Waals surface area contributed by atoms with Crippen LogP contribution >= 0.6 is 0 Å². The lowest BCUT2D eigenvalue weighted by molar-refractivity contribution is 0.165. The molecule has 1 aliphatic carbocycles. The first-order valence-electron chi connectivity index (χ1n) is 7.17. The molecule has 0 saturated heterocycles. The Bertz CT molecular complexity index is 377. The second-order valence-electron chi connectivity index (χ2n) is 5.19. The summed E-state index contributed by atoms with van der Waals surface area (Å²) in [5.74, 6) is 0.711. The normalized spacial score (nSPS) is 16.9. The van der Waals surface area contributed by atoms with E-state index in [2.05, 4.69) is 30.8 Å². The lowest BCUT2D eigenvalue weighted by Gasteiger charge is -2.24. The minimum Gasteiger partial charge on any atom is -0.381 e. The summed E-state index contributed by atoms with van der Waals surface area (Å²) >= 11 is 0. The second kappa shape index (κ2) is 6.91. The van der Waals surface area contributed by atoms with Gasteiger partial charge in [-0.2, -0.15) is 0 Å². The van der Waals surface area contributed by atoms with E-state index in [1.165, 1.54) is 48.8 Å². The van der Waals surface area contributed by atoms with Crippen molar-refractivity contribution in [3.8, 4) is 0 Å². The van der Waals surface area contributed by atoms with Gasteiger partial charge in [0.2, 0.25) is 0 Å². The monoisotopic (exact) mass is 260 g/mol. The summed E-state index contributed by atoms with van der Waals surface area (Å²) in [6.45, 7) is 5.06. The van der Waals surface area contributed by atoms with Gasteiger partial charge in [-0.1, -0.05) is 50.1 Å². The molecule has 0 heterocycles. The van der Waals surface area contributed by atoms with Crippen LogP contribution in [0.5, 0.6) is 0 Å². The van der Waals surface area contributed by atoms with Crippen molar-refractivity contribution < 1.29 is 4.74 Å². The molecular formula is C16H24OSi. The fraction of sp³-hybridized carbons (Fsp3) is 0.500. The first kappa shape index (κ1) is 13.6. The Morgan fingerprint density at radius 3 is 2.44 bits per heavy atom. The average Bonchev–Trinajstić information content (AvgIpc) is 2.46. The molecule has 2 rings (SSSR count). The molecule has 0 atom stereocenters. The van der Waals surface area contributed by atoms with E-state index < -0.39 is 0 Å². The van der Waals surface area contributed by atoms with Gasteiger partial charge < -0.3 is 4.74 Å². The number of rotatable bonds is 5. The quantitative estimate of drug-likeness (QED) is 0.739. The Labute approximate surface area is 114 Å². The van der Waals surface area contributed by atoms with Crippen LogP contribution in [-0.2, 0) is 11.3 Å². The van der Waals surface area contributed by atoms with Crippen LogP contribution in [0.25, 0.3) is 5.57 Å². The molecule has 0 N–H and O–H groups in total. The molecule has 0 aliphatic heterocycles. The molecular weight excluding hydrogens is 236 g/mol. The van der Waals surface area contributed by atoms with E-state index in [-0.39, 0.29) is 0 Å². The number of allylic oxidation sites excluding steroid dienone is 1. The minimum atomic E-state index is 0.711. The third-order valence-electron chi connectivity index (χ3n) is 3.90. The zero-order chi connectivity index (χ0) is 12.8. The first-order chi connectivity index (χ1) is 8.81. The summed E-state index contributed by atoms with van der Waals surface area (Å²) < 4.78 is 5.48.